The number of aryl methyl sites for hydroxylation is 1. The molecule has 0 aliphatic heterocycles. The lowest BCUT2D eigenvalue weighted by Gasteiger charge is -2.09. The van der Waals surface area contributed by atoms with Gasteiger partial charge in [-0.1, -0.05) is 24.3 Å². The number of nitrogens with one attached hydrogen (secondary N) is 1. The minimum Gasteiger partial charge on any atom is -0.397 e. The third-order valence-corrected chi connectivity index (χ3v) is 3.02. The first-order valence-corrected chi connectivity index (χ1v) is 6.35. The molecule has 21 heavy (non-hydrogen) atoms. The number of amides is 1. The number of hydrogen-bond donors (Lipinski definition) is 2. The van der Waals surface area contributed by atoms with Crippen molar-refractivity contribution in [1.29, 1.82) is 0 Å². The number of benzene rings is 2. The summed E-state index contributed by atoms with van der Waals surface area (Å²) < 4.78 is 0. The maximum Gasteiger partial charge on any atom is 0.273 e. The van der Waals surface area contributed by atoms with Crippen LogP contribution in [0.1, 0.15) is 11.1 Å². The Labute approximate surface area is 121 Å². The van der Waals surface area contributed by atoms with E-state index in [1.807, 2.05) is 13.0 Å². The van der Waals surface area contributed by atoms with Gasteiger partial charge in [0, 0.05) is 11.6 Å². The molecule has 0 bridgehead atoms. The predicted octanol–water partition coefficient (Wildman–Crippen LogP) is 2.67. The first-order chi connectivity index (χ1) is 9.97. The zero-order chi connectivity index (χ0) is 15.4. The Bertz CT molecular complexity index is 698. The number of nitrogens with two attached hydrogens (primary N) is 1. The molecule has 0 aliphatic carbocycles. The fourth-order valence-corrected chi connectivity index (χ4v) is 2.00. The van der Waals surface area contributed by atoms with Gasteiger partial charge in [0.15, 0.2) is 0 Å². The highest BCUT2D eigenvalue weighted by molar-refractivity contribution is 5.95. The zero-order valence-electron chi connectivity index (χ0n) is 11.5. The first kappa shape index (κ1) is 14.5. The van der Waals surface area contributed by atoms with Gasteiger partial charge in [0.2, 0.25) is 5.91 Å². The van der Waals surface area contributed by atoms with Gasteiger partial charge < -0.3 is 11.1 Å². The highest BCUT2D eigenvalue weighted by atomic mass is 16.6. The second kappa shape index (κ2) is 6.04. The van der Waals surface area contributed by atoms with Gasteiger partial charge in [-0.3, -0.25) is 14.9 Å². The van der Waals surface area contributed by atoms with E-state index < -0.39 is 4.92 Å². The van der Waals surface area contributed by atoms with E-state index in [1.54, 1.807) is 30.3 Å². The maximum atomic E-state index is 12.0. The van der Waals surface area contributed by atoms with E-state index in [0.29, 0.717) is 16.9 Å². The summed E-state index contributed by atoms with van der Waals surface area (Å²) in [6.45, 7) is 1.90. The number of hydrogen-bond acceptors (Lipinski definition) is 4. The molecule has 0 heterocycles. The van der Waals surface area contributed by atoms with Crippen LogP contribution < -0.4 is 11.1 Å². The number of nitrogens with zero attached hydrogens (tertiary/aromatic N) is 1. The summed E-state index contributed by atoms with van der Waals surface area (Å²) in [6, 6.07) is 11.5. The molecule has 0 fully saturated rings. The van der Waals surface area contributed by atoms with E-state index in [-0.39, 0.29) is 18.0 Å². The molecule has 0 atom stereocenters. The van der Waals surface area contributed by atoms with Crippen molar-refractivity contribution in [3.05, 3.63) is 63.7 Å². The lowest BCUT2D eigenvalue weighted by atomic mass is 10.1. The largest absolute Gasteiger partial charge is 0.397 e. The summed E-state index contributed by atoms with van der Waals surface area (Å²) in [4.78, 5) is 22.4. The Morgan fingerprint density at radius 1 is 1.29 bits per heavy atom. The minimum absolute atomic E-state index is 0.0653. The molecule has 6 heteroatoms. The molecule has 0 aromatic heterocycles. The Hall–Kier alpha value is -2.89. The van der Waals surface area contributed by atoms with Crippen LogP contribution in [-0.4, -0.2) is 10.8 Å². The van der Waals surface area contributed by atoms with Crippen LogP contribution in [0.5, 0.6) is 0 Å². The molecule has 0 saturated heterocycles. The Morgan fingerprint density at radius 3 is 2.67 bits per heavy atom. The van der Waals surface area contributed by atoms with E-state index in [4.69, 9.17) is 5.73 Å². The number of anilines is 2. The van der Waals surface area contributed by atoms with Crippen LogP contribution in [0.4, 0.5) is 17.1 Å². The normalized spacial score (nSPS) is 10.1. The average molecular weight is 285 g/mol. The van der Waals surface area contributed by atoms with Crippen molar-refractivity contribution >= 4 is 23.0 Å². The van der Waals surface area contributed by atoms with Crippen LogP contribution in [0.2, 0.25) is 0 Å². The van der Waals surface area contributed by atoms with Gasteiger partial charge in [-0.25, -0.2) is 0 Å². The smallest absolute Gasteiger partial charge is 0.273 e. The molecule has 1 amide bonds. The molecule has 2 rings (SSSR count). The predicted molar refractivity (Wildman–Crippen MR) is 81.0 cm³/mol. The van der Waals surface area contributed by atoms with Crippen LogP contribution >= 0.6 is 0 Å². The third-order valence-electron chi connectivity index (χ3n) is 3.02. The molecule has 2 aromatic carbocycles. The Morgan fingerprint density at radius 2 is 2.00 bits per heavy atom. The van der Waals surface area contributed by atoms with Crippen molar-refractivity contribution in [2.45, 2.75) is 13.3 Å². The number of carbonyl (C=O) groups is 1. The SMILES string of the molecule is Cc1ccc(NC(=O)Cc2ccccc2[N+](=O)[O-])c(N)c1. The van der Waals surface area contributed by atoms with Crippen molar-refractivity contribution in [1.82, 2.24) is 0 Å². The number of rotatable bonds is 4. The fraction of sp³-hybridized carbons (Fsp3) is 0.133. The quantitative estimate of drug-likeness (QED) is 0.512. The summed E-state index contributed by atoms with van der Waals surface area (Å²) >= 11 is 0. The monoisotopic (exact) mass is 285 g/mol. The van der Waals surface area contributed by atoms with Crippen LogP contribution in [0.15, 0.2) is 42.5 Å². The van der Waals surface area contributed by atoms with E-state index in [9.17, 15) is 14.9 Å². The van der Waals surface area contributed by atoms with Gasteiger partial charge in [-0.2, -0.15) is 0 Å². The molecule has 0 aliphatic rings. The van der Waals surface area contributed by atoms with Crippen LogP contribution in [-0.2, 0) is 11.2 Å². The highest BCUT2D eigenvalue weighted by Crippen LogP contribution is 2.21. The molecule has 3 N–H and O–H groups in total. The standard InChI is InChI=1S/C15H15N3O3/c1-10-6-7-13(12(16)8-10)17-15(19)9-11-4-2-3-5-14(11)18(20)21/h2-8H,9,16H2,1H3,(H,17,19). The second-order valence-corrected chi connectivity index (χ2v) is 4.70. The van der Waals surface area contributed by atoms with Crippen molar-refractivity contribution in [3.63, 3.8) is 0 Å². The van der Waals surface area contributed by atoms with Gasteiger partial charge in [0.25, 0.3) is 5.69 Å². The van der Waals surface area contributed by atoms with E-state index in [1.165, 1.54) is 6.07 Å². The number of nitrogen functional groups attached to an aromatic ring is 1. The van der Waals surface area contributed by atoms with Gasteiger partial charge in [0.1, 0.15) is 0 Å². The highest BCUT2D eigenvalue weighted by Gasteiger charge is 2.15. The lowest BCUT2D eigenvalue weighted by molar-refractivity contribution is -0.385. The number of nitro benzene ring substituents is 1. The molecule has 0 spiro atoms. The Balaban J connectivity index is 2.14. The molecular weight excluding hydrogens is 270 g/mol. The van der Waals surface area contributed by atoms with E-state index >= 15 is 0 Å². The Kier molecular flexibility index (Phi) is 4.18. The van der Waals surface area contributed by atoms with Crippen LogP contribution in [0.25, 0.3) is 0 Å². The first-order valence-electron chi connectivity index (χ1n) is 6.35. The minimum atomic E-state index is -0.497. The van der Waals surface area contributed by atoms with E-state index in [2.05, 4.69) is 5.32 Å². The topological polar surface area (TPSA) is 98.3 Å². The molecule has 0 saturated carbocycles. The summed E-state index contributed by atoms with van der Waals surface area (Å²) in [5.74, 6) is -0.347. The van der Waals surface area contributed by atoms with E-state index in [0.717, 1.165) is 5.56 Å². The van der Waals surface area contributed by atoms with Crippen molar-refractivity contribution < 1.29 is 9.72 Å². The fourth-order valence-electron chi connectivity index (χ4n) is 2.00. The maximum absolute atomic E-state index is 12.0. The second-order valence-electron chi connectivity index (χ2n) is 4.70. The van der Waals surface area contributed by atoms with Crippen molar-refractivity contribution in [2.24, 2.45) is 0 Å². The molecule has 0 radical (unpaired) electrons. The van der Waals surface area contributed by atoms with Crippen LogP contribution in [0.3, 0.4) is 0 Å². The number of para-hydroxylation sites is 1. The molecule has 108 valence electrons. The summed E-state index contributed by atoms with van der Waals surface area (Å²) in [6.07, 6.45) is -0.0789. The van der Waals surface area contributed by atoms with Gasteiger partial charge in [0.05, 0.1) is 22.7 Å². The lowest BCUT2D eigenvalue weighted by Crippen LogP contribution is -2.16. The van der Waals surface area contributed by atoms with Gasteiger partial charge >= 0.3 is 0 Å². The van der Waals surface area contributed by atoms with Crippen molar-refractivity contribution in [3.8, 4) is 0 Å². The number of nitro groups is 1. The summed E-state index contributed by atoms with van der Waals surface area (Å²) in [5.41, 5.74) is 8.08. The molecule has 0 unspecified atom stereocenters. The third kappa shape index (κ3) is 3.56. The van der Waals surface area contributed by atoms with Gasteiger partial charge in [-0.05, 0) is 24.6 Å². The van der Waals surface area contributed by atoms with Crippen LogP contribution in [0, 0.1) is 17.0 Å². The van der Waals surface area contributed by atoms with Gasteiger partial charge in [-0.15, -0.1) is 0 Å². The molecule has 6 nitrogen and oxygen atoms in total. The number of carbonyl (C=O) groups excluding carboxylic acids is 1. The molecule has 2 aromatic rings. The summed E-state index contributed by atoms with van der Waals surface area (Å²) in [5, 5.41) is 13.6. The van der Waals surface area contributed by atoms with Crippen molar-refractivity contribution in [2.75, 3.05) is 11.1 Å². The molecular formula is C15H15N3O3. The zero-order valence-corrected chi connectivity index (χ0v) is 11.5. The summed E-state index contributed by atoms with van der Waals surface area (Å²) in [7, 11) is 0. The average Bonchev–Trinajstić information content (AvgIpc) is 2.42.